The van der Waals surface area contributed by atoms with Crippen molar-refractivity contribution in [3.63, 3.8) is 0 Å². The summed E-state index contributed by atoms with van der Waals surface area (Å²) in [4.78, 5) is 12.9. The van der Waals surface area contributed by atoms with Gasteiger partial charge in [0.05, 0.1) is 18.7 Å². The van der Waals surface area contributed by atoms with Crippen molar-refractivity contribution in [3.05, 3.63) is 35.6 Å². The summed E-state index contributed by atoms with van der Waals surface area (Å²) in [5, 5.41) is 9.99. The molecule has 2 heterocycles. The minimum atomic E-state index is -0.613. The number of carbonyl (C=O) groups excluding carboxylic acids is 1. The number of hydrogen-bond donors (Lipinski definition) is 1. The van der Waals surface area contributed by atoms with Crippen molar-refractivity contribution in [1.82, 2.24) is 4.90 Å². The van der Waals surface area contributed by atoms with Crippen LogP contribution >= 0.6 is 0 Å². The highest BCUT2D eigenvalue weighted by Crippen LogP contribution is 2.37. The average molecular weight is 237 g/mol. The van der Waals surface area contributed by atoms with Crippen molar-refractivity contribution in [2.45, 2.75) is 18.1 Å². The monoisotopic (exact) mass is 237 g/mol. The first-order valence-electron chi connectivity index (χ1n) is 5.54. The number of carbonyl (C=O) groups is 1. The molecule has 0 aromatic heterocycles. The third kappa shape index (κ3) is 1.58. The molecule has 2 saturated heterocycles. The second-order valence-electron chi connectivity index (χ2n) is 4.44. The lowest BCUT2D eigenvalue weighted by Gasteiger charge is -2.19. The summed E-state index contributed by atoms with van der Waals surface area (Å²) in [5.74, 6) is -0.501. The predicted octanol–water partition coefficient (Wildman–Crippen LogP) is 1.10. The molecule has 0 saturated carbocycles. The van der Waals surface area contributed by atoms with Gasteiger partial charge < -0.3 is 9.84 Å². The third-order valence-corrected chi connectivity index (χ3v) is 3.48. The molecule has 4 nitrogen and oxygen atoms in total. The molecule has 0 unspecified atom stereocenters. The number of nitrogens with zero attached hydrogens (tertiary/aromatic N) is 1. The molecule has 3 rings (SSSR count). The van der Waals surface area contributed by atoms with Gasteiger partial charge >= 0.3 is 6.09 Å². The van der Waals surface area contributed by atoms with Gasteiger partial charge in [0.25, 0.3) is 0 Å². The lowest BCUT2D eigenvalue weighted by atomic mass is 9.90. The van der Waals surface area contributed by atoms with Gasteiger partial charge in [-0.2, -0.15) is 0 Å². The van der Waals surface area contributed by atoms with Crippen LogP contribution in [0.2, 0.25) is 0 Å². The number of halogens is 1. The Morgan fingerprint density at radius 1 is 1.35 bits per heavy atom. The van der Waals surface area contributed by atoms with Crippen molar-refractivity contribution in [2.75, 3.05) is 13.2 Å². The summed E-state index contributed by atoms with van der Waals surface area (Å²) in [5.41, 5.74) is 0.838. The molecule has 0 bridgehead atoms. The van der Waals surface area contributed by atoms with E-state index < -0.39 is 6.10 Å². The number of cyclic esters (lactones) is 1. The van der Waals surface area contributed by atoms with Crippen LogP contribution in [-0.4, -0.2) is 41.4 Å². The fraction of sp³-hybridized carbons (Fsp3) is 0.417. The molecule has 2 aliphatic heterocycles. The lowest BCUT2D eigenvalue weighted by molar-refractivity contribution is 0.129. The van der Waals surface area contributed by atoms with E-state index in [9.17, 15) is 14.3 Å². The van der Waals surface area contributed by atoms with E-state index in [1.165, 1.54) is 12.1 Å². The van der Waals surface area contributed by atoms with Crippen LogP contribution in [0.1, 0.15) is 11.5 Å². The average Bonchev–Trinajstić information content (AvgIpc) is 2.81. The smallest absolute Gasteiger partial charge is 0.410 e. The van der Waals surface area contributed by atoms with E-state index in [1.54, 1.807) is 17.0 Å². The summed E-state index contributed by atoms with van der Waals surface area (Å²) in [7, 11) is 0. The van der Waals surface area contributed by atoms with E-state index in [0.717, 1.165) is 5.56 Å². The van der Waals surface area contributed by atoms with Crippen LogP contribution < -0.4 is 0 Å². The Morgan fingerprint density at radius 2 is 2.06 bits per heavy atom. The summed E-state index contributed by atoms with van der Waals surface area (Å²) in [6.07, 6.45) is -0.989. The molecule has 90 valence electrons. The molecular formula is C12H12FNO3. The van der Waals surface area contributed by atoms with Gasteiger partial charge in [0.15, 0.2) is 0 Å². The summed E-state index contributed by atoms with van der Waals surface area (Å²) in [6.45, 7) is 0.573. The fourth-order valence-corrected chi connectivity index (χ4v) is 2.67. The van der Waals surface area contributed by atoms with Gasteiger partial charge in [-0.1, -0.05) is 12.1 Å². The molecule has 3 atom stereocenters. The Bertz CT molecular complexity index is 448. The molecule has 0 aliphatic carbocycles. The highest BCUT2D eigenvalue weighted by molar-refractivity contribution is 5.71. The van der Waals surface area contributed by atoms with Gasteiger partial charge in [0.2, 0.25) is 0 Å². The predicted molar refractivity (Wildman–Crippen MR) is 57.0 cm³/mol. The number of benzene rings is 1. The maximum Gasteiger partial charge on any atom is 0.410 e. The van der Waals surface area contributed by atoms with E-state index in [0.29, 0.717) is 0 Å². The molecule has 1 aromatic carbocycles. The maximum absolute atomic E-state index is 12.8. The van der Waals surface area contributed by atoms with Crippen LogP contribution in [0.15, 0.2) is 24.3 Å². The Hall–Kier alpha value is -1.62. The molecule has 1 aromatic rings. The van der Waals surface area contributed by atoms with E-state index in [2.05, 4.69) is 0 Å². The number of rotatable bonds is 1. The standard InChI is InChI=1S/C12H12FNO3/c13-8-3-1-7(2-4-8)11-9-6-17-12(16)14(9)5-10(11)15/h1-4,9-11,15H,5-6H2/t9-,10-,11-/m0/s1. The summed E-state index contributed by atoms with van der Waals surface area (Å²) < 4.78 is 17.8. The number of ether oxygens (including phenoxy) is 1. The molecule has 5 heteroatoms. The van der Waals surface area contributed by atoms with Crippen LogP contribution in [0, 0.1) is 5.82 Å². The Balaban J connectivity index is 1.92. The van der Waals surface area contributed by atoms with E-state index >= 15 is 0 Å². The van der Waals surface area contributed by atoms with E-state index in [1.807, 2.05) is 0 Å². The number of aliphatic hydroxyl groups excluding tert-OH is 1. The van der Waals surface area contributed by atoms with Crippen molar-refractivity contribution in [1.29, 1.82) is 0 Å². The maximum atomic E-state index is 12.8. The van der Waals surface area contributed by atoms with Crippen LogP contribution in [0.4, 0.5) is 9.18 Å². The van der Waals surface area contributed by atoms with Gasteiger partial charge in [-0.05, 0) is 17.7 Å². The summed E-state index contributed by atoms with van der Waals surface area (Å²) in [6, 6.07) is 5.89. The van der Waals surface area contributed by atoms with Crippen molar-refractivity contribution in [2.24, 2.45) is 0 Å². The number of hydrogen-bond acceptors (Lipinski definition) is 3. The second-order valence-corrected chi connectivity index (χ2v) is 4.44. The molecular weight excluding hydrogens is 225 g/mol. The first-order valence-corrected chi connectivity index (χ1v) is 5.54. The molecule has 0 radical (unpaired) electrons. The van der Waals surface area contributed by atoms with Crippen molar-refractivity contribution in [3.8, 4) is 0 Å². The lowest BCUT2D eigenvalue weighted by Crippen LogP contribution is -2.29. The number of fused-ring (bicyclic) bond motifs is 1. The van der Waals surface area contributed by atoms with Gasteiger partial charge in [-0.25, -0.2) is 9.18 Å². The van der Waals surface area contributed by atoms with Gasteiger partial charge in [0.1, 0.15) is 12.4 Å². The SMILES string of the molecule is O=C1OC[C@H]2[C@H](c3ccc(F)cc3)[C@@H](O)CN12. The zero-order valence-electron chi connectivity index (χ0n) is 9.04. The van der Waals surface area contributed by atoms with Crippen LogP contribution in [0.5, 0.6) is 0 Å². The molecule has 17 heavy (non-hydrogen) atoms. The molecule has 0 spiro atoms. The minimum Gasteiger partial charge on any atom is -0.447 e. The zero-order valence-corrected chi connectivity index (χ0v) is 9.04. The first kappa shape index (κ1) is 10.5. The van der Waals surface area contributed by atoms with Crippen LogP contribution in [-0.2, 0) is 4.74 Å². The number of amides is 1. The fourth-order valence-electron chi connectivity index (χ4n) is 2.67. The van der Waals surface area contributed by atoms with Crippen molar-refractivity contribution < 1.29 is 19.0 Å². The molecule has 1 N–H and O–H groups in total. The zero-order chi connectivity index (χ0) is 12.0. The van der Waals surface area contributed by atoms with E-state index in [-0.39, 0.29) is 37.0 Å². The minimum absolute atomic E-state index is 0.136. The molecule has 2 fully saturated rings. The molecule has 2 aliphatic rings. The topological polar surface area (TPSA) is 49.8 Å². The quantitative estimate of drug-likeness (QED) is 0.795. The van der Waals surface area contributed by atoms with Crippen molar-refractivity contribution >= 4 is 6.09 Å². The second kappa shape index (κ2) is 3.70. The Morgan fingerprint density at radius 3 is 2.76 bits per heavy atom. The Kier molecular flexibility index (Phi) is 2.29. The largest absolute Gasteiger partial charge is 0.447 e. The highest BCUT2D eigenvalue weighted by atomic mass is 19.1. The highest BCUT2D eigenvalue weighted by Gasteiger charge is 2.48. The number of aliphatic hydroxyl groups is 1. The van der Waals surface area contributed by atoms with E-state index in [4.69, 9.17) is 4.74 Å². The Labute approximate surface area is 97.6 Å². The van der Waals surface area contributed by atoms with Crippen LogP contribution in [0.3, 0.4) is 0 Å². The normalized spacial score (nSPS) is 31.5. The van der Waals surface area contributed by atoms with Gasteiger partial charge in [-0.3, -0.25) is 4.90 Å². The van der Waals surface area contributed by atoms with Gasteiger partial charge in [-0.15, -0.1) is 0 Å². The third-order valence-electron chi connectivity index (χ3n) is 3.48. The van der Waals surface area contributed by atoms with Crippen LogP contribution in [0.25, 0.3) is 0 Å². The summed E-state index contributed by atoms with van der Waals surface area (Å²) >= 11 is 0. The molecule has 1 amide bonds. The first-order chi connectivity index (χ1) is 8.16. The van der Waals surface area contributed by atoms with Gasteiger partial charge in [0, 0.05) is 5.92 Å².